The number of nitrogens with one attached hydrogen (secondary N) is 2. The Bertz CT molecular complexity index is 657. The Labute approximate surface area is 127 Å². The van der Waals surface area contributed by atoms with Crippen molar-refractivity contribution in [3.8, 4) is 17.1 Å². The van der Waals surface area contributed by atoms with Crippen molar-refractivity contribution in [2.45, 2.75) is 6.10 Å². The summed E-state index contributed by atoms with van der Waals surface area (Å²) in [6.07, 6.45) is 3.88. The molecule has 0 radical (unpaired) electrons. The van der Waals surface area contributed by atoms with E-state index in [9.17, 15) is 4.79 Å². The second kappa shape index (κ2) is 6.66. The van der Waals surface area contributed by atoms with Crippen LogP contribution in [-0.4, -0.2) is 41.5 Å². The molecule has 1 aromatic carbocycles. The first-order valence-electron chi connectivity index (χ1n) is 6.88. The van der Waals surface area contributed by atoms with Crippen LogP contribution >= 0.6 is 0 Å². The number of nitrogens with zero attached hydrogens (tertiary/aromatic N) is 3. The molecule has 2 heterocycles. The van der Waals surface area contributed by atoms with Crippen molar-refractivity contribution >= 4 is 12.4 Å². The molecule has 112 valence electrons. The molecule has 0 bridgehead atoms. The first-order chi connectivity index (χ1) is 10.8. The number of carbonyl (C=O) groups is 1. The van der Waals surface area contributed by atoms with Crippen LogP contribution in [0.4, 0.5) is 0 Å². The first kappa shape index (κ1) is 14.0. The van der Waals surface area contributed by atoms with E-state index in [4.69, 9.17) is 4.74 Å². The van der Waals surface area contributed by atoms with Crippen LogP contribution in [-0.2, 0) is 4.79 Å². The van der Waals surface area contributed by atoms with E-state index in [2.05, 4.69) is 25.6 Å². The van der Waals surface area contributed by atoms with Gasteiger partial charge in [-0.2, -0.15) is 0 Å². The van der Waals surface area contributed by atoms with Crippen molar-refractivity contribution in [3.63, 3.8) is 0 Å². The minimum absolute atomic E-state index is 0.167. The molecular weight excluding hydrogens is 282 g/mol. The number of ether oxygens (including phenoxy) is 1. The molecule has 0 fully saturated rings. The Morgan fingerprint density at radius 1 is 1.18 bits per heavy atom. The van der Waals surface area contributed by atoms with E-state index >= 15 is 0 Å². The summed E-state index contributed by atoms with van der Waals surface area (Å²) in [4.78, 5) is 22.9. The van der Waals surface area contributed by atoms with Gasteiger partial charge in [-0.1, -0.05) is 30.3 Å². The lowest BCUT2D eigenvalue weighted by atomic mass is 10.1. The van der Waals surface area contributed by atoms with Gasteiger partial charge in [0.1, 0.15) is 6.10 Å². The number of amides is 1. The zero-order valence-corrected chi connectivity index (χ0v) is 11.8. The maximum Gasteiger partial charge on any atom is 0.316 e. The van der Waals surface area contributed by atoms with Crippen molar-refractivity contribution in [1.29, 1.82) is 0 Å². The molecule has 0 saturated carbocycles. The van der Waals surface area contributed by atoms with Gasteiger partial charge in [0.15, 0.2) is 5.96 Å². The number of hydrogen-bond acceptors (Lipinski definition) is 6. The molecule has 1 aliphatic rings. The van der Waals surface area contributed by atoms with E-state index in [1.807, 2.05) is 30.3 Å². The van der Waals surface area contributed by atoms with Crippen LogP contribution in [0.15, 0.2) is 47.7 Å². The Morgan fingerprint density at radius 2 is 1.95 bits per heavy atom. The molecule has 1 amide bonds. The molecule has 1 aromatic heterocycles. The van der Waals surface area contributed by atoms with Crippen LogP contribution in [0, 0.1) is 0 Å². The zero-order valence-electron chi connectivity index (χ0n) is 11.8. The minimum Gasteiger partial charge on any atom is -0.456 e. The second-order valence-electron chi connectivity index (χ2n) is 4.69. The van der Waals surface area contributed by atoms with E-state index in [1.165, 1.54) is 0 Å². The highest BCUT2D eigenvalue weighted by Crippen LogP contribution is 2.18. The summed E-state index contributed by atoms with van der Waals surface area (Å²) in [5.74, 6) is 0.454. The maximum absolute atomic E-state index is 10.3. The Balaban J connectivity index is 1.61. The smallest absolute Gasteiger partial charge is 0.316 e. The molecule has 2 aromatic rings. The highest BCUT2D eigenvalue weighted by molar-refractivity contribution is 5.89. The fraction of sp³-hybridized carbons (Fsp3) is 0.200. The predicted molar refractivity (Wildman–Crippen MR) is 81.4 cm³/mol. The molecule has 7 heteroatoms. The highest BCUT2D eigenvalue weighted by atomic mass is 16.5. The molecule has 1 atom stereocenters. The molecule has 2 N–H and O–H groups in total. The average Bonchev–Trinajstić information content (AvgIpc) is 2.58. The summed E-state index contributed by atoms with van der Waals surface area (Å²) < 4.78 is 5.66. The van der Waals surface area contributed by atoms with Crippen molar-refractivity contribution in [2.75, 3.05) is 13.1 Å². The number of rotatable bonds is 4. The van der Waals surface area contributed by atoms with Crippen molar-refractivity contribution < 1.29 is 9.53 Å². The number of carbonyl (C=O) groups excluding carboxylic acids is 1. The van der Waals surface area contributed by atoms with Crippen molar-refractivity contribution in [3.05, 3.63) is 42.7 Å². The van der Waals surface area contributed by atoms with Crippen molar-refractivity contribution in [2.24, 2.45) is 4.99 Å². The van der Waals surface area contributed by atoms with E-state index in [0.717, 1.165) is 11.1 Å². The monoisotopic (exact) mass is 297 g/mol. The largest absolute Gasteiger partial charge is 0.456 e. The summed E-state index contributed by atoms with van der Waals surface area (Å²) in [6.45, 7) is 0.969. The van der Waals surface area contributed by atoms with Gasteiger partial charge in [0, 0.05) is 18.0 Å². The second-order valence-corrected chi connectivity index (χ2v) is 4.69. The molecule has 3 rings (SSSR count). The van der Waals surface area contributed by atoms with Crippen LogP contribution in [0.1, 0.15) is 0 Å². The summed E-state index contributed by atoms with van der Waals surface area (Å²) in [6, 6.07) is 10.2. The Kier molecular flexibility index (Phi) is 4.24. The molecule has 1 aliphatic heterocycles. The zero-order chi connectivity index (χ0) is 15.2. The van der Waals surface area contributed by atoms with Crippen molar-refractivity contribution in [1.82, 2.24) is 20.6 Å². The molecular formula is C15H15N5O2. The summed E-state index contributed by atoms with van der Waals surface area (Å²) in [7, 11) is 0. The van der Waals surface area contributed by atoms with Gasteiger partial charge in [-0.3, -0.25) is 10.1 Å². The molecule has 0 saturated heterocycles. The lowest BCUT2D eigenvalue weighted by molar-refractivity contribution is -0.108. The van der Waals surface area contributed by atoms with Gasteiger partial charge < -0.3 is 10.1 Å². The summed E-state index contributed by atoms with van der Waals surface area (Å²) >= 11 is 0. The Morgan fingerprint density at radius 3 is 2.59 bits per heavy atom. The average molecular weight is 297 g/mol. The predicted octanol–water partition coefficient (Wildman–Crippen LogP) is 0.596. The van der Waals surface area contributed by atoms with Gasteiger partial charge in [0.25, 0.3) is 0 Å². The number of hydrogen-bond donors (Lipinski definition) is 2. The normalized spacial score (nSPS) is 17.1. The fourth-order valence-electron chi connectivity index (χ4n) is 2.06. The third kappa shape index (κ3) is 3.38. The highest BCUT2D eigenvalue weighted by Gasteiger charge is 2.17. The van der Waals surface area contributed by atoms with Gasteiger partial charge in [0.05, 0.1) is 13.1 Å². The van der Waals surface area contributed by atoms with Gasteiger partial charge in [0.2, 0.25) is 6.41 Å². The summed E-state index contributed by atoms with van der Waals surface area (Å²) in [5, 5.41) is 5.42. The van der Waals surface area contributed by atoms with Gasteiger partial charge in [-0.05, 0) is 5.56 Å². The van der Waals surface area contributed by atoms with Gasteiger partial charge >= 0.3 is 6.01 Å². The van der Waals surface area contributed by atoms with E-state index in [1.54, 1.807) is 12.4 Å². The van der Waals surface area contributed by atoms with Crippen LogP contribution in [0.25, 0.3) is 11.1 Å². The molecule has 1 unspecified atom stereocenters. The van der Waals surface area contributed by atoms with Crippen LogP contribution in [0.3, 0.4) is 0 Å². The Hall–Kier alpha value is -2.96. The minimum atomic E-state index is -0.167. The molecule has 0 spiro atoms. The maximum atomic E-state index is 10.3. The third-order valence-electron chi connectivity index (χ3n) is 3.15. The number of aromatic nitrogens is 2. The third-order valence-corrected chi connectivity index (χ3v) is 3.15. The molecule has 0 aliphatic carbocycles. The van der Waals surface area contributed by atoms with E-state index < -0.39 is 0 Å². The lowest BCUT2D eigenvalue weighted by Crippen LogP contribution is -2.47. The number of guanidine groups is 1. The van der Waals surface area contributed by atoms with E-state index in [-0.39, 0.29) is 6.10 Å². The SMILES string of the molecule is O=CNC1=NCC(Oc2ncc(-c3ccccc3)cn2)CN1. The topological polar surface area (TPSA) is 88.5 Å². The lowest BCUT2D eigenvalue weighted by Gasteiger charge is -2.22. The standard InChI is InChI=1S/C15H15N5O2/c21-10-20-14-16-8-13(9-17-14)22-15-18-6-12(7-19-15)11-4-2-1-3-5-11/h1-7,10,13H,8-9H2,(H2,16,17,20,21). The van der Waals surface area contributed by atoms with Gasteiger partial charge in [-0.15, -0.1) is 0 Å². The number of benzene rings is 1. The van der Waals surface area contributed by atoms with Crippen LogP contribution in [0.2, 0.25) is 0 Å². The van der Waals surface area contributed by atoms with E-state index in [0.29, 0.717) is 31.5 Å². The molecule has 7 nitrogen and oxygen atoms in total. The van der Waals surface area contributed by atoms with Gasteiger partial charge in [-0.25, -0.2) is 15.0 Å². The van der Waals surface area contributed by atoms with Crippen LogP contribution in [0.5, 0.6) is 6.01 Å². The number of aliphatic imine (C=N–C) groups is 1. The van der Waals surface area contributed by atoms with Crippen LogP contribution < -0.4 is 15.4 Å². The quantitative estimate of drug-likeness (QED) is 0.807. The fourth-order valence-corrected chi connectivity index (χ4v) is 2.06. The molecule has 22 heavy (non-hydrogen) atoms. The first-order valence-corrected chi connectivity index (χ1v) is 6.88. The summed E-state index contributed by atoms with van der Waals surface area (Å²) in [5.41, 5.74) is 1.99.